The Hall–Kier alpha value is -3.15. The van der Waals surface area contributed by atoms with Crippen LogP contribution >= 0.6 is 0 Å². The zero-order chi connectivity index (χ0) is 52.2. The molecule has 6 nitrogen and oxygen atoms in total. The van der Waals surface area contributed by atoms with Gasteiger partial charge in [-0.15, -0.1) is 0 Å². The second-order valence-electron chi connectivity index (χ2n) is 20.6. The van der Waals surface area contributed by atoms with Gasteiger partial charge in [0.1, 0.15) is 13.2 Å². The summed E-state index contributed by atoms with van der Waals surface area (Å²) in [6.45, 7) is 6.54. The summed E-state index contributed by atoms with van der Waals surface area (Å²) in [6.07, 6.45) is 77.6. The third kappa shape index (κ3) is 57.7. The highest BCUT2D eigenvalue weighted by molar-refractivity contribution is 5.71. The molecule has 0 aromatic rings. The Labute approximate surface area is 446 Å². The molecule has 0 radical (unpaired) electrons. The Kier molecular flexibility index (Phi) is 57.8. The minimum Gasteiger partial charge on any atom is -0.462 e. The molecule has 0 bridgehead atoms. The van der Waals surface area contributed by atoms with E-state index in [1.165, 1.54) is 167 Å². The fraction of sp³-hybridized carbons (Fsp3) is 0.773. The molecule has 0 aromatic heterocycles. The molecule has 1 atom stereocenters. The first-order chi connectivity index (χ1) is 35.5. The number of carbonyl (C=O) groups is 3. The van der Waals surface area contributed by atoms with Gasteiger partial charge < -0.3 is 14.2 Å². The Morgan fingerprint density at radius 3 is 0.847 bits per heavy atom. The van der Waals surface area contributed by atoms with Crippen molar-refractivity contribution >= 4 is 17.9 Å². The third-order valence-electron chi connectivity index (χ3n) is 13.5. The predicted molar refractivity (Wildman–Crippen MR) is 311 cm³/mol. The zero-order valence-electron chi connectivity index (χ0n) is 47.7. The van der Waals surface area contributed by atoms with Crippen LogP contribution in [-0.2, 0) is 28.6 Å². The van der Waals surface area contributed by atoms with Gasteiger partial charge in [-0.2, -0.15) is 0 Å². The van der Waals surface area contributed by atoms with Gasteiger partial charge in [0.15, 0.2) is 6.10 Å². The molecule has 0 aromatic carbocycles. The van der Waals surface area contributed by atoms with Gasteiger partial charge in [0.2, 0.25) is 0 Å². The SMILES string of the molecule is CC/C=C\C/C=C\C/C=C\C/C=C\C/C=C\C/C=C\CCCCCCCCC(=O)OCC(COC(=O)CCCCCCCCCCCCC)OC(=O)CCCCCCCCCCCCCCCCCCCC. The maximum absolute atomic E-state index is 12.9. The standard InChI is InChI=1S/C66H116O6/c1-4-7-10-13-16-19-22-24-26-28-30-31-32-33-34-35-36-38-39-41-44-47-50-53-56-59-65(68)71-62-63(61-70-64(67)58-55-52-49-46-43-21-18-15-12-9-6-3)72-66(69)60-57-54-51-48-45-42-40-37-29-27-25-23-20-17-14-11-8-5-2/h7,10,16,19,24,26,30-31,33-34,36,38,63H,4-6,8-9,11-15,17-18,20-23,25,27-29,32,35,37,39-62H2,1-3H3/b10-7-,19-16-,26-24-,31-30-,34-33-,38-36-. The van der Waals surface area contributed by atoms with Crippen molar-refractivity contribution in [3.8, 4) is 0 Å². The molecule has 72 heavy (non-hydrogen) atoms. The van der Waals surface area contributed by atoms with Crippen LogP contribution in [-0.4, -0.2) is 37.2 Å². The molecule has 0 rings (SSSR count). The Morgan fingerprint density at radius 1 is 0.292 bits per heavy atom. The number of ether oxygens (including phenoxy) is 3. The van der Waals surface area contributed by atoms with E-state index in [1.807, 2.05) is 0 Å². The number of hydrogen-bond donors (Lipinski definition) is 0. The normalized spacial score (nSPS) is 12.5. The highest BCUT2D eigenvalue weighted by Crippen LogP contribution is 2.17. The summed E-state index contributed by atoms with van der Waals surface area (Å²) in [7, 11) is 0. The van der Waals surface area contributed by atoms with Gasteiger partial charge >= 0.3 is 17.9 Å². The maximum atomic E-state index is 12.9. The number of rotatable bonds is 56. The monoisotopic (exact) mass is 1000 g/mol. The maximum Gasteiger partial charge on any atom is 0.306 e. The summed E-state index contributed by atoms with van der Waals surface area (Å²) in [5.41, 5.74) is 0. The molecule has 0 N–H and O–H groups in total. The van der Waals surface area contributed by atoms with Crippen LogP contribution in [0.25, 0.3) is 0 Å². The minimum absolute atomic E-state index is 0.0758. The summed E-state index contributed by atoms with van der Waals surface area (Å²) in [4.78, 5) is 38.2. The first kappa shape index (κ1) is 68.8. The molecule has 1 unspecified atom stereocenters. The van der Waals surface area contributed by atoms with E-state index >= 15 is 0 Å². The van der Waals surface area contributed by atoms with Crippen molar-refractivity contribution in [2.75, 3.05) is 13.2 Å². The third-order valence-corrected chi connectivity index (χ3v) is 13.5. The lowest BCUT2D eigenvalue weighted by molar-refractivity contribution is -0.167. The highest BCUT2D eigenvalue weighted by Gasteiger charge is 2.19. The Bertz CT molecular complexity index is 1340. The molecule has 0 saturated carbocycles. The fourth-order valence-electron chi connectivity index (χ4n) is 8.86. The van der Waals surface area contributed by atoms with Crippen LogP contribution in [0.2, 0.25) is 0 Å². The smallest absolute Gasteiger partial charge is 0.306 e. The molecule has 0 aliphatic heterocycles. The topological polar surface area (TPSA) is 78.9 Å². The predicted octanol–water partition coefficient (Wildman–Crippen LogP) is 20.9. The van der Waals surface area contributed by atoms with Crippen LogP contribution in [0.5, 0.6) is 0 Å². The van der Waals surface area contributed by atoms with Crippen LogP contribution in [0.3, 0.4) is 0 Å². The van der Waals surface area contributed by atoms with Crippen LogP contribution in [0.4, 0.5) is 0 Å². The highest BCUT2D eigenvalue weighted by atomic mass is 16.6. The van der Waals surface area contributed by atoms with Crippen molar-refractivity contribution in [3.63, 3.8) is 0 Å². The lowest BCUT2D eigenvalue weighted by atomic mass is 10.0. The fourth-order valence-corrected chi connectivity index (χ4v) is 8.86. The number of allylic oxidation sites excluding steroid dienone is 12. The summed E-state index contributed by atoms with van der Waals surface area (Å²) in [6, 6.07) is 0. The van der Waals surface area contributed by atoms with E-state index in [2.05, 4.69) is 93.7 Å². The molecule has 416 valence electrons. The lowest BCUT2D eigenvalue weighted by Gasteiger charge is -2.18. The summed E-state index contributed by atoms with van der Waals surface area (Å²) >= 11 is 0. The van der Waals surface area contributed by atoms with Crippen molar-refractivity contribution in [1.29, 1.82) is 0 Å². The number of carbonyl (C=O) groups excluding carboxylic acids is 3. The van der Waals surface area contributed by atoms with Crippen LogP contribution in [0, 0.1) is 0 Å². The molecule has 0 spiro atoms. The van der Waals surface area contributed by atoms with Gasteiger partial charge in [-0.05, 0) is 70.6 Å². The van der Waals surface area contributed by atoms with E-state index in [0.29, 0.717) is 19.3 Å². The molecular weight excluding hydrogens is 889 g/mol. The summed E-state index contributed by atoms with van der Waals surface area (Å²) < 4.78 is 16.9. The van der Waals surface area contributed by atoms with Crippen molar-refractivity contribution in [2.24, 2.45) is 0 Å². The van der Waals surface area contributed by atoms with Crippen LogP contribution in [0.1, 0.15) is 310 Å². The van der Waals surface area contributed by atoms with Gasteiger partial charge in [0.25, 0.3) is 0 Å². The zero-order valence-corrected chi connectivity index (χ0v) is 47.7. The average molecular weight is 1010 g/mol. The lowest BCUT2D eigenvalue weighted by Crippen LogP contribution is -2.30. The van der Waals surface area contributed by atoms with Gasteiger partial charge in [0, 0.05) is 19.3 Å². The molecule has 0 amide bonds. The quantitative estimate of drug-likeness (QED) is 0.0261. The van der Waals surface area contributed by atoms with E-state index in [1.54, 1.807) is 0 Å². The van der Waals surface area contributed by atoms with Crippen LogP contribution in [0.15, 0.2) is 72.9 Å². The van der Waals surface area contributed by atoms with Gasteiger partial charge in [0.05, 0.1) is 0 Å². The molecule has 0 heterocycles. The number of unbranched alkanes of at least 4 members (excludes halogenated alkanes) is 33. The van der Waals surface area contributed by atoms with Gasteiger partial charge in [-0.3, -0.25) is 14.4 Å². The van der Waals surface area contributed by atoms with Gasteiger partial charge in [-0.1, -0.05) is 293 Å². The number of esters is 3. The van der Waals surface area contributed by atoms with E-state index in [4.69, 9.17) is 14.2 Å². The molecule has 0 saturated heterocycles. The van der Waals surface area contributed by atoms with Crippen LogP contribution < -0.4 is 0 Å². The average Bonchev–Trinajstić information content (AvgIpc) is 3.38. The summed E-state index contributed by atoms with van der Waals surface area (Å²) in [5, 5.41) is 0. The van der Waals surface area contributed by atoms with E-state index in [-0.39, 0.29) is 31.1 Å². The van der Waals surface area contributed by atoms with Crippen molar-refractivity contribution in [3.05, 3.63) is 72.9 Å². The molecule has 6 heteroatoms. The Balaban J connectivity index is 4.31. The molecular formula is C66H116O6. The van der Waals surface area contributed by atoms with Crippen molar-refractivity contribution in [2.45, 2.75) is 316 Å². The number of hydrogen-bond acceptors (Lipinski definition) is 6. The molecule has 0 aliphatic rings. The first-order valence-corrected chi connectivity index (χ1v) is 30.9. The second kappa shape index (κ2) is 60.4. The van der Waals surface area contributed by atoms with Crippen molar-refractivity contribution in [1.82, 2.24) is 0 Å². The Morgan fingerprint density at radius 2 is 0.542 bits per heavy atom. The van der Waals surface area contributed by atoms with Crippen molar-refractivity contribution < 1.29 is 28.6 Å². The largest absolute Gasteiger partial charge is 0.462 e. The first-order valence-electron chi connectivity index (χ1n) is 30.9. The minimum atomic E-state index is -0.778. The second-order valence-corrected chi connectivity index (χ2v) is 20.6. The van der Waals surface area contributed by atoms with Gasteiger partial charge in [-0.25, -0.2) is 0 Å². The van der Waals surface area contributed by atoms with E-state index in [0.717, 1.165) is 103 Å². The molecule has 0 fully saturated rings. The van der Waals surface area contributed by atoms with E-state index < -0.39 is 6.10 Å². The molecule has 0 aliphatic carbocycles. The van der Waals surface area contributed by atoms with E-state index in [9.17, 15) is 14.4 Å². The summed E-state index contributed by atoms with van der Waals surface area (Å²) in [5.74, 6) is -0.876.